The number of carbonyl (C=O) groups is 1. The zero-order chi connectivity index (χ0) is 14.3. The summed E-state index contributed by atoms with van der Waals surface area (Å²) in [6, 6.07) is 8.00. The Kier molecular flexibility index (Phi) is 5.86. The van der Waals surface area contributed by atoms with Crippen molar-refractivity contribution in [2.45, 2.75) is 33.7 Å². The molecule has 0 saturated heterocycles. The van der Waals surface area contributed by atoms with Gasteiger partial charge in [-0.25, -0.2) is 0 Å². The van der Waals surface area contributed by atoms with Crippen LogP contribution in [0.4, 0.5) is 0 Å². The summed E-state index contributed by atoms with van der Waals surface area (Å²) < 4.78 is 0. The first-order chi connectivity index (χ1) is 9.06. The van der Waals surface area contributed by atoms with E-state index in [4.69, 9.17) is 5.73 Å². The van der Waals surface area contributed by atoms with Crippen LogP contribution in [0.2, 0.25) is 0 Å². The highest BCUT2D eigenvalue weighted by atomic mass is 16.1. The molecule has 1 amide bonds. The summed E-state index contributed by atoms with van der Waals surface area (Å²) in [5.41, 5.74) is 9.10. The van der Waals surface area contributed by atoms with Crippen LogP contribution in [0.5, 0.6) is 0 Å². The summed E-state index contributed by atoms with van der Waals surface area (Å²) in [6.07, 6.45) is 4.59. The largest absolute Gasteiger partial charge is 0.402 e. The molecule has 0 heterocycles. The van der Waals surface area contributed by atoms with Crippen molar-refractivity contribution in [3.63, 3.8) is 0 Å². The zero-order valence-corrected chi connectivity index (χ0v) is 11.9. The van der Waals surface area contributed by atoms with Crippen molar-refractivity contribution < 1.29 is 4.79 Å². The van der Waals surface area contributed by atoms with E-state index >= 15 is 0 Å². The third kappa shape index (κ3) is 4.62. The van der Waals surface area contributed by atoms with Gasteiger partial charge in [0.05, 0.1) is 5.57 Å². The minimum atomic E-state index is -0.132. The molecule has 0 saturated carbocycles. The van der Waals surface area contributed by atoms with Crippen molar-refractivity contribution in [2.75, 3.05) is 0 Å². The molecular formula is C16H22N2O. The Hall–Kier alpha value is -2.03. The van der Waals surface area contributed by atoms with Crippen LogP contribution in [0.1, 0.15) is 31.4 Å². The summed E-state index contributed by atoms with van der Waals surface area (Å²) in [5, 5.41) is 2.90. The van der Waals surface area contributed by atoms with Crippen molar-refractivity contribution in [1.29, 1.82) is 0 Å². The van der Waals surface area contributed by atoms with Crippen molar-refractivity contribution in [1.82, 2.24) is 5.32 Å². The van der Waals surface area contributed by atoms with Crippen LogP contribution in [0.15, 0.2) is 47.7 Å². The van der Waals surface area contributed by atoms with Crippen molar-refractivity contribution in [3.05, 3.63) is 58.8 Å². The highest BCUT2D eigenvalue weighted by Crippen LogP contribution is 2.08. The number of benzene rings is 1. The number of carbonyl (C=O) groups excluding carboxylic acids is 1. The molecule has 0 radical (unpaired) electrons. The van der Waals surface area contributed by atoms with Crippen molar-refractivity contribution >= 4 is 5.91 Å². The molecule has 0 unspecified atom stereocenters. The molecule has 3 N–H and O–H groups in total. The average Bonchev–Trinajstić information content (AvgIpc) is 2.38. The molecule has 1 rings (SSSR count). The van der Waals surface area contributed by atoms with Gasteiger partial charge in [0.2, 0.25) is 0 Å². The van der Waals surface area contributed by atoms with Gasteiger partial charge in [0, 0.05) is 12.2 Å². The second-order valence-corrected chi connectivity index (χ2v) is 4.52. The molecule has 19 heavy (non-hydrogen) atoms. The normalized spacial score (nSPS) is 12.4. The van der Waals surface area contributed by atoms with Crippen LogP contribution in [0.3, 0.4) is 0 Å². The number of hydrogen-bond acceptors (Lipinski definition) is 2. The maximum absolute atomic E-state index is 12.1. The van der Waals surface area contributed by atoms with Crippen molar-refractivity contribution in [2.24, 2.45) is 5.73 Å². The van der Waals surface area contributed by atoms with Crippen molar-refractivity contribution in [3.8, 4) is 0 Å². The molecule has 1 aromatic carbocycles. The highest BCUT2D eigenvalue weighted by molar-refractivity contribution is 5.96. The lowest BCUT2D eigenvalue weighted by atomic mass is 10.1. The standard InChI is InChI=1S/C16H22N2O/c1-4-5-10-15(13(3)17)16(19)18-11-14-9-7-6-8-12(14)2/h5-10H,4,11,17H2,1-3H3,(H,18,19)/b10-5-,15-13-. The molecule has 0 atom stereocenters. The summed E-state index contributed by atoms with van der Waals surface area (Å²) in [6.45, 7) is 6.31. The number of rotatable bonds is 5. The lowest BCUT2D eigenvalue weighted by molar-refractivity contribution is -0.117. The first-order valence-electron chi connectivity index (χ1n) is 6.51. The third-order valence-electron chi connectivity index (χ3n) is 2.89. The fourth-order valence-electron chi connectivity index (χ4n) is 1.70. The van der Waals surface area contributed by atoms with Crippen LogP contribution >= 0.6 is 0 Å². The fraction of sp³-hybridized carbons (Fsp3) is 0.312. The van der Waals surface area contributed by atoms with Gasteiger partial charge in [-0.2, -0.15) is 0 Å². The van der Waals surface area contributed by atoms with E-state index < -0.39 is 0 Å². The van der Waals surface area contributed by atoms with E-state index in [0.717, 1.165) is 12.0 Å². The molecule has 0 aliphatic rings. The molecule has 1 aromatic rings. The minimum absolute atomic E-state index is 0.132. The monoisotopic (exact) mass is 258 g/mol. The van der Waals surface area contributed by atoms with E-state index in [0.29, 0.717) is 17.8 Å². The number of nitrogens with one attached hydrogen (secondary N) is 1. The van der Waals surface area contributed by atoms with Gasteiger partial charge < -0.3 is 11.1 Å². The Labute approximate surface area is 115 Å². The van der Waals surface area contributed by atoms with Crippen LogP contribution in [0.25, 0.3) is 0 Å². The van der Waals surface area contributed by atoms with Gasteiger partial charge in [0.25, 0.3) is 5.91 Å². The molecule has 3 heteroatoms. The minimum Gasteiger partial charge on any atom is -0.402 e. The molecule has 0 aliphatic heterocycles. The first kappa shape index (κ1) is 15.0. The number of hydrogen-bond donors (Lipinski definition) is 2. The Morgan fingerprint density at radius 2 is 2.05 bits per heavy atom. The topological polar surface area (TPSA) is 55.1 Å². The second kappa shape index (κ2) is 7.41. The summed E-state index contributed by atoms with van der Waals surface area (Å²) in [4.78, 5) is 12.1. The molecule has 0 aromatic heterocycles. The predicted molar refractivity (Wildman–Crippen MR) is 79.3 cm³/mol. The molecule has 0 fully saturated rings. The molecular weight excluding hydrogens is 236 g/mol. The van der Waals surface area contributed by atoms with Gasteiger partial charge in [-0.05, 0) is 31.4 Å². The van der Waals surface area contributed by atoms with Crippen LogP contribution in [0, 0.1) is 6.92 Å². The Balaban J connectivity index is 2.72. The molecule has 0 spiro atoms. The second-order valence-electron chi connectivity index (χ2n) is 4.52. The van der Waals surface area contributed by atoms with E-state index in [1.165, 1.54) is 5.56 Å². The van der Waals surface area contributed by atoms with Crippen LogP contribution in [-0.4, -0.2) is 5.91 Å². The maximum Gasteiger partial charge on any atom is 0.253 e. The number of amides is 1. The summed E-state index contributed by atoms with van der Waals surface area (Å²) >= 11 is 0. The molecule has 102 valence electrons. The van der Waals surface area contributed by atoms with Gasteiger partial charge >= 0.3 is 0 Å². The quantitative estimate of drug-likeness (QED) is 0.630. The summed E-state index contributed by atoms with van der Waals surface area (Å²) in [7, 11) is 0. The first-order valence-corrected chi connectivity index (χ1v) is 6.51. The maximum atomic E-state index is 12.1. The van der Waals surface area contributed by atoms with Crippen LogP contribution in [-0.2, 0) is 11.3 Å². The van der Waals surface area contributed by atoms with Gasteiger partial charge in [-0.3, -0.25) is 4.79 Å². The lowest BCUT2D eigenvalue weighted by Gasteiger charge is -2.09. The zero-order valence-electron chi connectivity index (χ0n) is 11.9. The lowest BCUT2D eigenvalue weighted by Crippen LogP contribution is -2.26. The summed E-state index contributed by atoms with van der Waals surface area (Å²) in [5.74, 6) is -0.132. The van der Waals surface area contributed by atoms with Gasteiger partial charge in [0.15, 0.2) is 0 Å². The fourth-order valence-corrected chi connectivity index (χ4v) is 1.70. The third-order valence-corrected chi connectivity index (χ3v) is 2.89. The highest BCUT2D eigenvalue weighted by Gasteiger charge is 2.08. The van der Waals surface area contributed by atoms with Gasteiger partial charge in [0.1, 0.15) is 0 Å². The Morgan fingerprint density at radius 1 is 1.37 bits per heavy atom. The number of allylic oxidation sites excluding steroid dienone is 2. The molecule has 0 bridgehead atoms. The van der Waals surface area contributed by atoms with E-state index in [1.807, 2.05) is 44.2 Å². The number of aryl methyl sites for hydroxylation is 1. The van der Waals surface area contributed by atoms with E-state index in [2.05, 4.69) is 5.32 Å². The Bertz CT molecular complexity index is 497. The van der Waals surface area contributed by atoms with Gasteiger partial charge in [-0.1, -0.05) is 43.3 Å². The van der Waals surface area contributed by atoms with Gasteiger partial charge in [-0.15, -0.1) is 0 Å². The smallest absolute Gasteiger partial charge is 0.253 e. The Morgan fingerprint density at radius 3 is 2.63 bits per heavy atom. The number of nitrogens with two attached hydrogens (primary N) is 1. The predicted octanol–water partition coefficient (Wildman–Crippen LogP) is 2.81. The van der Waals surface area contributed by atoms with E-state index in [9.17, 15) is 4.79 Å². The molecule has 3 nitrogen and oxygen atoms in total. The SMILES string of the molecule is CC/C=C\C(C(=O)NCc1ccccc1C)=C(/C)N. The van der Waals surface area contributed by atoms with E-state index in [-0.39, 0.29) is 5.91 Å². The average molecular weight is 258 g/mol. The molecule has 0 aliphatic carbocycles. The van der Waals surface area contributed by atoms with Crippen LogP contribution < -0.4 is 11.1 Å². The van der Waals surface area contributed by atoms with E-state index in [1.54, 1.807) is 13.0 Å².